The highest BCUT2D eigenvalue weighted by Crippen LogP contribution is 2.49. The first-order valence-electron chi connectivity index (χ1n) is 17.4. The standard InChI is InChI=1S/C39H46N5O9PS/c1-9-51-54(46,52-10-2)35-18-15-26(23-34(35)49-6)41-36-24-27(19-20-40-36)53-33-17-16-30(28-13-11-12-14-29(28)33)42-38(45)43-31-21-25(39(3,4)5)22-32(37(31)50-7)44-55(8,47)48/h11-24,44H,9-10H2,1-8H3,(H,40,41)(H2,42,43,45). The minimum Gasteiger partial charge on any atom is -0.496 e. The largest absolute Gasteiger partial charge is 0.496 e. The van der Waals surface area contributed by atoms with Crippen molar-refractivity contribution in [1.82, 2.24) is 4.98 Å². The van der Waals surface area contributed by atoms with Crippen LogP contribution in [0.15, 0.2) is 85.1 Å². The summed E-state index contributed by atoms with van der Waals surface area (Å²) in [5.41, 5.74) is 2.03. The molecule has 16 heteroatoms. The molecule has 14 nitrogen and oxygen atoms in total. The maximum absolute atomic E-state index is 13.5. The Labute approximate surface area is 321 Å². The van der Waals surface area contributed by atoms with Crippen LogP contribution < -0.4 is 40.2 Å². The molecule has 0 fully saturated rings. The Morgan fingerprint density at radius 3 is 2.11 bits per heavy atom. The average molecular weight is 792 g/mol. The summed E-state index contributed by atoms with van der Waals surface area (Å²) < 4.78 is 68.7. The fourth-order valence-electron chi connectivity index (χ4n) is 5.71. The van der Waals surface area contributed by atoms with E-state index in [-0.39, 0.29) is 35.8 Å². The quantitative estimate of drug-likeness (QED) is 0.0745. The molecular formula is C39H46N5O9PS. The number of nitrogens with zero attached hydrogens (tertiary/aromatic N) is 1. The highest BCUT2D eigenvalue weighted by Gasteiger charge is 2.31. The lowest BCUT2D eigenvalue weighted by atomic mass is 9.86. The zero-order valence-electron chi connectivity index (χ0n) is 32.0. The number of urea groups is 1. The Morgan fingerprint density at radius 2 is 1.47 bits per heavy atom. The third kappa shape index (κ3) is 10.1. The van der Waals surface area contributed by atoms with E-state index in [9.17, 15) is 17.8 Å². The van der Waals surface area contributed by atoms with E-state index < -0.39 is 23.7 Å². The molecule has 0 radical (unpaired) electrons. The molecule has 0 aliphatic rings. The van der Waals surface area contributed by atoms with E-state index in [2.05, 4.69) is 25.7 Å². The van der Waals surface area contributed by atoms with Gasteiger partial charge in [-0.25, -0.2) is 18.2 Å². The van der Waals surface area contributed by atoms with Crippen LogP contribution in [-0.4, -0.2) is 53.1 Å². The molecule has 1 aromatic heterocycles. The summed E-state index contributed by atoms with van der Waals surface area (Å²) in [6.45, 7) is 9.84. The third-order valence-corrected chi connectivity index (χ3v) is 10.9. The Bertz CT molecular complexity index is 2340. The number of carbonyl (C=O) groups excluding carboxylic acids is 1. The number of anilines is 5. The van der Waals surface area contributed by atoms with Crippen molar-refractivity contribution in [1.29, 1.82) is 0 Å². The predicted molar refractivity (Wildman–Crippen MR) is 218 cm³/mol. The fourth-order valence-corrected chi connectivity index (χ4v) is 7.98. The molecule has 0 spiro atoms. The molecule has 292 valence electrons. The lowest BCUT2D eigenvalue weighted by molar-refractivity contribution is 0.229. The maximum Gasteiger partial charge on any atom is 0.365 e. The summed E-state index contributed by atoms with van der Waals surface area (Å²) in [6.07, 6.45) is 2.65. The van der Waals surface area contributed by atoms with Crippen molar-refractivity contribution < 1.29 is 41.0 Å². The second-order valence-corrected chi connectivity index (χ2v) is 17.0. The first-order chi connectivity index (χ1) is 26.1. The van der Waals surface area contributed by atoms with Crippen LogP contribution in [0.5, 0.6) is 23.0 Å². The number of hydrogen-bond donors (Lipinski definition) is 4. The zero-order chi connectivity index (χ0) is 40.0. The zero-order valence-corrected chi connectivity index (χ0v) is 33.7. The van der Waals surface area contributed by atoms with Gasteiger partial charge in [0.2, 0.25) is 10.0 Å². The van der Waals surface area contributed by atoms with Crippen molar-refractivity contribution in [2.75, 3.05) is 54.4 Å². The topological polar surface area (TPSA) is 175 Å². The van der Waals surface area contributed by atoms with Crippen LogP contribution in [0, 0.1) is 0 Å². The molecule has 0 bridgehead atoms. The molecule has 0 aliphatic carbocycles. The van der Waals surface area contributed by atoms with E-state index in [0.29, 0.717) is 45.1 Å². The number of rotatable bonds is 15. The van der Waals surface area contributed by atoms with Gasteiger partial charge >= 0.3 is 13.6 Å². The van der Waals surface area contributed by atoms with Crippen molar-refractivity contribution in [3.05, 3.63) is 90.6 Å². The van der Waals surface area contributed by atoms with Crippen LogP contribution >= 0.6 is 7.60 Å². The molecule has 5 rings (SSSR count). The number of amides is 2. The monoisotopic (exact) mass is 791 g/mol. The van der Waals surface area contributed by atoms with Crippen molar-refractivity contribution in [2.24, 2.45) is 0 Å². The summed E-state index contributed by atoms with van der Waals surface area (Å²) in [7, 11) is -4.34. The number of methoxy groups -OCH3 is 2. The van der Waals surface area contributed by atoms with Gasteiger partial charge in [0.1, 0.15) is 28.4 Å². The van der Waals surface area contributed by atoms with E-state index in [1.807, 2.05) is 45.0 Å². The summed E-state index contributed by atoms with van der Waals surface area (Å²) in [6, 6.07) is 22.3. The van der Waals surface area contributed by atoms with E-state index in [4.69, 9.17) is 23.3 Å². The van der Waals surface area contributed by atoms with Gasteiger partial charge < -0.3 is 39.2 Å². The molecular weight excluding hydrogens is 745 g/mol. The Balaban J connectivity index is 1.37. The summed E-state index contributed by atoms with van der Waals surface area (Å²) >= 11 is 0. The summed E-state index contributed by atoms with van der Waals surface area (Å²) in [5, 5.41) is 10.7. The molecule has 55 heavy (non-hydrogen) atoms. The normalized spacial score (nSPS) is 11.9. The van der Waals surface area contributed by atoms with Gasteiger partial charge in [0, 0.05) is 34.8 Å². The van der Waals surface area contributed by atoms with Gasteiger partial charge in [0.25, 0.3) is 0 Å². The highest BCUT2D eigenvalue weighted by molar-refractivity contribution is 7.92. The number of sulfonamides is 1. The molecule has 4 aromatic carbocycles. The van der Waals surface area contributed by atoms with Gasteiger partial charge in [-0.2, -0.15) is 0 Å². The van der Waals surface area contributed by atoms with Gasteiger partial charge in [0.05, 0.1) is 50.8 Å². The Hall–Kier alpha value is -5.34. The van der Waals surface area contributed by atoms with Crippen LogP contribution in [-0.2, 0) is 29.1 Å². The molecule has 0 saturated heterocycles. The average Bonchev–Trinajstić information content (AvgIpc) is 3.12. The molecule has 1 heterocycles. The summed E-state index contributed by atoms with van der Waals surface area (Å²) in [5.74, 6) is 2.00. The molecule has 0 saturated carbocycles. The number of aromatic nitrogens is 1. The highest BCUT2D eigenvalue weighted by atomic mass is 32.2. The molecule has 4 N–H and O–H groups in total. The fraction of sp³-hybridized carbons (Fsp3) is 0.282. The Kier molecular flexibility index (Phi) is 12.6. The number of fused-ring (bicyclic) bond motifs is 1. The molecule has 0 aliphatic heterocycles. The van der Waals surface area contributed by atoms with E-state index in [1.54, 1.807) is 74.6 Å². The van der Waals surface area contributed by atoms with E-state index in [0.717, 1.165) is 17.2 Å². The third-order valence-electron chi connectivity index (χ3n) is 8.14. The van der Waals surface area contributed by atoms with Crippen molar-refractivity contribution >= 4 is 68.3 Å². The van der Waals surface area contributed by atoms with Gasteiger partial charge in [-0.05, 0) is 67.3 Å². The first kappa shape index (κ1) is 40.8. The van der Waals surface area contributed by atoms with Crippen LogP contribution in [0.25, 0.3) is 10.8 Å². The number of carbonyl (C=O) groups is 1. The van der Waals surface area contributed by atoms with Gasteiger partial charge in [0.15, 0.2) is 5.75 Å². The smallest absolute Gasteiger partial charge is 0.365 e. The minimum absolute atomic E-state index is 0.165. The van der Waals surface area contributed by atoms with Gasteiger partial charge in [-0.15, -0.1) is 0 Å². The van der Waals surface area contributed by atoms with E-state index in [1.165, 1.54) is 14.2 Å². The van der Waals surface area contributed by atoms with Crippen molar-refractivity contribution in [2.45, 2.75) is 40.0 Å². The SMILES string of the molecule is CCOP(=O)(OCC)c1ccc(Nc2cc(Oc3ccc(NC(=O)Nc4cc(C(C)(C)C)cc(NS(C)(=O)=O)c4OC)c4ccccc34)ccn2)cc1OC. The van der Waals surface area contributed by atoms with Gasteiger partial charge in [-0.3, -0.25) is 9.29 Å². The van der Waals surface area contributed by atoms with Crippen LogP contribution in [0.3, 0.4) is 0 Å². The maximum atomic E-state index is 13.5. The van der Waals surface area contributed by atoms with Crippen LogP contribution in [0.1, 0.15) is 40.2 Å². The summed E-state index contributed by atoms with van der Waals surface area (Å²) in [4.78, 5) is 17.9. The molecule has 0 atom stereocenters. The van der Waals surface area contributed by atoms with Crippen LogP contribution in [0.2, 0.25) is 0 Å². The number of pyridine rings is 1. The number of nitrogens with one attached hydrogen (secondary N) is 4. The second-order valence-electron chi connectivity index (χ2n) is 13.3. The lowest BCUT2D eigenvalue weighted by Gasteiger charge is -2.24. The van der Waals surface area contributed by atoms with E-state index >= 15 is 0 Å². The second kappa shape index (κ2) is 17.0. The van der Waals surface area contributed by atoms with Gasteiger partial charge in [-0.1, -0.05) is 45.0 Å². The molecule has 5 aromatic rings. The Morgan fingerprint density at radius 1 is 0.800 bits per heavy atom. The number of hydrogen-bond acceptors (Lipinski definition) is 11. The first-order valence-corrected chi connectivity index (χ1v) is 20.8. The predicted octanol–water partition coefficient (Wildman–Crippen LogP) is 8.99. The lowest BCUT2D eigenvalue weighted by Crippen LogP contribution is -2.22. The number of benzene rings is 4. The van der Waals surface area contributed by atoms with Crippen molar-refractivity contribution in [3.63, 3.8) is 0 Å². The minimum atomic E-state index is -3.64. The van der Waals surface area contributed by atoms with Crippen molar-refractivity contribution in [3.8, 4) is 23.0 Å². The number of ether oxygens (including phenoxy) is 3. The molecule has 2 amide bonds. The van der Waals surface area contributed by atoms with Crippen LogP contribution in [0.4, 0.5) is 33.4 Å². The molecule has 0 unspecified atom stereocenters.